The summed E-state index contributed by atoms with van der Waals surface area (Å²) in [7, 11) is 0. The van der Waals surface area contributed by atoms with Crippen LogP contribution in [0.2, 0.25) is 0 Å². The number of rotatable bonds is 7. The number of ether oxygens (including phenoxy) is 1. The van der Waals surface area contributed by atoms with Gasteiger partial charge in [0.05, 0.1) is 25.9 Å². The summed E-state index contributed by atoms with van der Waals surface area (Å²) in [6.45, 7) is 8.38. The number of hydrogen-bond donors (Lipinski definition) is 2. The van der Waals surface area contributed by atoms with Crippen molar-refractivity contribution in [3.05, 3.63) is 59.0 Å². The van der Waals surface area contributed by atoms with E-state index in [2.05, 4.69) is 35.3 Å². The number of aliphatic hydroxyl groups excluding tert-OH is 1. The van der Waals surface area contributed by atoms with E-state index in [0.717, 1.165) is 49.9 Å². The fraction of sp³-hybridized carbons (Fsp3) is 0.500. The number of nitrogens with one attached hydrogen (secondary N) is 1. The van der Waals surface area contributed by atoms with Crippen molar-refractivity contribution in [1.29, 1.82) is 0 Å². The van der Waals surface area contributed by atoms with Crippen LogP contribution in [0.1, 0.15) is 41.7 Å². The largest absolute Gasteiger partial charge is 0.465 e. The summed E-state index contributed by atoms with van der Waals surface area (Å²) in [5.74, 6) is 1.94. The topological polar surface area (TPSA) is 57.9 Å². The summed E-state index contributed by atoms with van der Waals surface area (Å²) >= 11 is 0. The lowest BCUT2D eigenvalue weighted by Crippen LogP contribution is -2.43. The zero-order valence-electron chi connectivity index (χ0n) is 15.1. The third kappa shape index (κ3) is 4.70. The molecule has 0 bridgehead atoms. The van der Waals surface area contributed by atoms with Gasteiger partial charge < -0.3 is 19.6 Å². The van der Waals surface area contributed by atoms with Gasteiger partial charge in [-0.1, -0.05) is 24.3 Å². The van der Waals surface area contributed by atoms with Crippen molar-refractivity contribution < 1.29 is 14.3 Å². The fourth-order valence-corrected chi connectivity index (χ4v) is 3.30. The van der Waals surface area contributed by atoms with E-state index in [1.807, 2.05) is 25.1 Å². The maximum absolute atomic E-state index is 9.33. The smallest absolute Gasteiger partial charge is 0.122 e. The molecule has 1 aliphatic rings. The quantitative estimate of drug-likeness (QED) is 0.809. The standard InChI is InChI=1S/C20H28N2O3/c1-15-6-7-20(25-15)19(22-8-10-24-11-9-22)13-21-16(2)18-5-3-4-17(12-18)14-23/h3-7,12,16,19,21,23H,8-11,13-14H2,1-2H3. The molecule has 2 unspecified atom stereocenters. The van der Waals surface area contributed by atoms with Crippen molar-refractivity contribution in [1.82, 2.24) is 10.2 Å². The Morgan fingerprint density at radius 3 is 2.68 bits per heavy atom. The molecule has 2 aromatic rings. The number of morpholine rings is 1. The Bertz CT molecular complexity index is 664. The molecule has 0 amide bonds. The van der Waals surface area contributed by atoms with E-state index < -0.39 is 0 Å². The molecular formula is C20H28N2O3. The van der Waals surface area contributed by atoms with E-state index in [1.54, 1.807) is 0 Å². The third-order valence-corrected chi connectivity index (χ3v) is 4.83. The van der Waals surface area contributed by atoms with Crippen molar-refractivity contribution in [2.75, 3.05) is 32.8 Å². The van der Waals surface area contributed by atoms with Gasteiger partial charge in [-0.05, 0) is 37.1 Å². The van der Waals surface area contributed by atoms with Gasteiger partial charge in [0.2, 0.25) is 0 Å². The number of aryl methyl sites for hydroxylation is 1. The molecule has 2 heterocycles. The van der Waals surface area contributed by atoms with Gasteiger partial charge in [0.25, 0.3) is 0 Å². The van der Waals surface area contributed by atoms with E-state index in [0.29, 0.717) is 0 Å². The van der Waals surface area contributed by atoms with E-state index in [1.165, 1.54) is 5.56 Å². The van der Waals surface area contributed by atoms with Gasteiger partial charge in [0.15, 0.2) is 0 Å². The summed E-state index contributed by atoms with van der Waals surface area (Å²) in [5, 5.41) is 13.0. The number of benzene rings is 1. The molecule has 5 nitrogen and oxygen atoms in total. The maximum atomic E-state index is 9.33. The van der Waals surface area contributed by atoms with Crippen molar-refractivity contribution in [2.24, 2.45) is 0 Å². The van der Waals surface area contributed by atoms with Crippen molar-refractivity contribution >= 4 is 0 Å². The first-order valence-corrected chi connectivity index (χ1v) is 8.98. The van der Waals surface area contributed by atoms with E-state index in [-0.39, 0.29) is 18.7 Å². The molecule has 1 aromatic heterocycles. The molecule has 0 aliphatic carbocycles. The van der Waals surface area contributed by atoms with Crippen LogP contribution in [0.4, 0.5) is 0 Å². The highest BCUT2D eigenvalue weighted by Crippen LogP contribution is 2.24. The minimum atomic E-state index is 0.0721. The first-order valence-electron chi connectivity index (χ1n) is 8.98. The Labute approximate surface area is 149 Å². The second-order valence-electron chi connectivity index (χ2n) is 6.65. The number of aliphatic hydroxyl groups is 1. The number of hydrogen-bond acceptors (Lipinski definition) is 5. The Morgan fingerprint density at radius 1 is 1.20 bits per heavy atom. The van der Waals surface area contributed by atoms with Crippen LogP contribution in [0, 0.1) is 6.92 Å². The van der Waals surface area contributed by atoms with Crippen molar-refractivity contribution in [3.63, 3.8) is 0 Å². The highest BCUT2D eigenvalue weighted by Gasteiger charge is 2.25. The predicted molar refractivity (Wildman–Crippen MR) is 97.4 cm³/mol. The zero-order valence-corrected chi connectivity index (χ0v) is 15.1. The average Bonchev–Trinajstić information content (AvgIpc) is 3.08. The van der Waals surface area contributed by atoms with Gasteiger partial charge in [-0.2, -0.15) is 0 Å². The molecule has 2 atom stereocenters. The van der Waals surface area contributed by atoms with Crippen molar-refractivity contribution in [3.8, 4) is 0 Å². The molecule has 0 spiro atoms. The van der Waals surface area contributed by atoms with Crippen LogP contribution in [0.5, 0.6) is 0 Å². The number of furan rings is 1. The lowest BCUT2D eigenvalue weighted by molar-refractivity contribution is 0.0111. The molecule has 5 heteroatoms. The normalized spacial score (nSPS) is 18.2. The Kier molecular flexibility index (Phi) is 6.26. The van der Waals surface area contributed by atoms with Crippen molar-refractivity contribution in [2.45, 2.75) is 32.5 Å². The Morgan fingerprint density at radius 2 is 2.00 bits per heavy atom. The van der Waals surface area contributed by atoms with Crippen LogP contribution in [-0.2, 0) is 11.3 Å². The first-order chi connectivity index (χ1) is 12.2. The lowest BCUT2D eigenvalue weighted by Gasteiger charge is -2.34. The van der Waals surface area contributed by atoms with Gasteiger partial charge in [-0.25, -0.2) is 0 Å². The van der Waals surface area contributed by atoms with Crippen LogP contribution in [0.3, 0.4) is 0 Å². The number of nitrogens with zero attached hydrogens (tertiary/aromatic N) is 1. The SMILES string of the molecule is Cc1ccc(C(CNC(C)c2cccc(CO)c2)N2CCOCC2)o1. The van der Waals surface area contributed by atoms with Crippen LogP contribution in [0.25, 0.3) is 0 Å². The minimum Gasteiger partial charge on any atom is -0.465 e. The Hall–Kier alpha value is -1.66. The molecule has 1 fully saturated rings. The van der Waals surface area contributed by atoms with Gasteiger partial charge in [-0.3, -0.25) is 4.90 Å². The average molecular weight is 344 g/mol. The van der Waals surface area contributed by atoms with Crippen LogP contribution in [-0.4, -0.2) is 42.9 Å². The second kappa shape index (κ2) is 8.63. The van der Waals surface area contributed by atoms with Gasteiger partial charge in [0, 0.05) is 25.7 Å². The van der Waals surface area contributed by atoms with Gasteiger partial charge >= 0.3 is 0 Å². The monoisotopic (exact) mass is 344 g/mol. The third-order valence-electron chi connectivity index (χ3n) is 4.83. The predicted octanol–water partition coefficient (Wildman–Crippen LogP) is 2.80. The summed E-state index contributed by atoms with van der Waals surface area (Å²) < 4.78 is 11.4. The van der Waals surface area contributed by atoms with E-state index >= 15 is 0 Å². The Balaban J connectivity index is 1.69. The summed E-state index contributed by atoms with van der Waals surface area (Å²) in [4.78, 5) is 2.42. The molecule has 1 aliphatic heterocycles. The second-order valence-corrected chi connectivity index (χ2v) is 6.65. The van der Waals surface area contributed by atoms with E-state index in [9.17, 15) is 5.11 Å². The highest BCUT2D eigenvalue weighted by atomic mass is 16.5. The molecule has 0 saturated carbocycles. The molecule has 3 rings (SSSR count). The first kappa shape index (κ1) is 18.1. The molecule has 2 N–H and O–H groups in total. The van der Waals surface area contributed by atoms with E-state index in [4.69, 9.17) is 9.15 Å². The van der Waals surface area contributed by atoms with Gasteiger partial charge in [0.1, 0.15) is 11.5 Å². The maximum Gasteiger partial charge on any atom is 0.122 e. The van der Waals surface area contributed by atoms with Crippen LogP contribution < -0.4 is 5.32 Å². The summed E-state index contributed by atoms with van der Waals surface area (Å²) in [5.41, 5.74) is 2.13. The molecule has 1 saturated heterocycles. The minimum absolute atomic E-state index is 0.0721. The molecule has 136 valence electrons. The molecule has 25 heavy (non-hydrogen) atoms. The summed E-state index contributed by atoms with van der Waals surface area (Å²) in [6.07, 6.45) is 0. The lowest BCUT2D eigenvalue weighted by atomic mass is 10.0. The zero-order chi connectivity index (χ0) is 17.6. The molecule has 0 radical (unpaired) electrons. The highest BCUT2D eigenvalue weighted by molar-refractivity contribution is 5.25. The molecular weight excluding hydrogens is 316 g/mol. The van der Waals surface area contributed by atoms with Crippen LogP contribution >= 0.6 is 0 Å². The van der Waals surface area contributed by atoms with Crippen LogP contribution in [0.15, 0.2) is 40.8 Å². The molecule has 1 aromatic carbocycles. The fourth-order valence-electron chi connectivity index (χ4n) is 3.30. The summed E-state index contributed by atoms with van der Waals surface area (Å²) in [6, 6.07) is 12.6. The van der Waals surface area contributed by atoms with Gasteiger partial charge in [-0.15, -0.1) is 0 Å².